The van der Waals surface area contributed by atoms with Crippen molar-refractivity contribution >= 4 is 12.0 Å². The Morgan fingerprint density at radius 2 is 1.95 bits per heavy atom. The molecular formula is C15H20N2O4. The molecule has 1 aliphatic rings. The third-order valence-electron chi connectivity index (χ3n) is 3.24. The molecule has 0 aliphatic carbocycles. The van der Waals surface area contributed by atoms with Crippen molar-refractivity contribution in [3.8, 4) is 0 Å². The van der Waals surface area contributed by atoms with Gasteiger partial charge in [0.15, 0.2) is 0 Å². The van der Waals surface area contributed by atoms with Crippen LogP contribution in [-0.2, 0) is 20.9 Å². The van der Waals surface area contributed by atoms with Crippen LogP contribution in [-0.4, -0.2) is 49.2 Å². The molecule has 21 heavy (non-hydrogen) atoms. The Bertz CT molecular complexity index is 472. The van der Waals surface area contributed by atoms with Gasteiger partial charge in [-0.25, -0.2) is 4.79 Å². The zero-order valence-electron chi connectivity index (χ0n) is 12.1. The quantitative estimate of drug-likeness (QED) is 0.904. The third kappa shape index (κ3) is 4.75. The summed E-state index contributed by atoms with van der Waals surface area (Å²) in [6.45, 7) is 4.04. The van der Waals surface area contributed by atoms with E-state index in [-0.39, 0.29) is 12.5 Å². The molecule has 0 radical (unpaired) electrons. The van der Waals surface area contributed by atoms with Gasteiger partial charge in [0.1, 0.15) is 12.6 Å². The summed E-state index contributed by atoms with van der Waals surface area (Å²) in [5.74, 6) is -0.116. The summed E-state index contributed by atoms with van der Waals surface area (Å²) in [4.78, 5) is 25.5. The maximum Gasteiger partial charge on any atom is 0.408 e. The first-order chi connectivity index (χ1) is 10.2. The van der Waals surface area contributed by atoms with E-state index < -0.39 is 12.1 Å². The molecule has 1 heterocycles. The summed E-state index contributed by atoms with van der Waals surface area (Å²) in [6, 6.07) is 8.78. The van der Waals surface area contributed by atoms with E-state index in [0.29, 0.717) is 26.3 Å². The van der Waals surface area contributed by atoms with E-state index in [0.717, 1.165) is 5.56 Å². The molecule has 6 heteroatoms. The fourth-order valence-electron chi connectivity index (χ4n) is 2.06. The predicted molar refractivity (Wildman–Crippen MR) is 76.6 cm³/mol. The molecule has 0 bridgehead atoms. The molecule has 0 saturated carbocycles. The Morgan fingerprint density at radius 1 is 1.29 bits per heavy atom. The van der Waals surface area contributed by atoms with Gasteiger partial charge in [0, 0.05) is 13.1 Å². The van der Waals surface area contributed by atoms with E-state index in [2.05, 4.69) is 5.32 Å². The second-order valence-corrected chi connectivity index (χ2v) is 4.87. The molecule has 1 aromatic rings. The van der Waals surface area contributed by atoms with Crippen LogP contribution in [0.5, 0.6) is 0 Å². The lowest BCUT2D eigenvalue weighted by molar-refractivity contribution is -0.137. The summed E-state index contributed by atoms with van der Waals surface area (Å²) in [7, 11) is 0. The van der Waals surface area contributed by atoms with Crippen molar-refractivity contribution in [3.63, 3.8) is 0 Å². The van der Waals surface area contributed by atoms with Crippen molar-refractivity contribution < 1.29 is 19.1 Å². The lowest BCUT2D eigenvalue weighted by atomic mass is 10.2. The van der Waals surface area contributed by atoms with Crippen molar-refractivity contribution in [3.05, 3.63) is 35.9 Å². The number of nitrogens with zero attached hydrogens (tertiary/aromatic N) is 1. The lowest BCUT2D eigenvalue weighted by Gasteiger charge is -2.29. The van der Waals surface area contributed by atoms with Gasteiger partial charge in [-0.2, -0.15) is 0 Å². The molecule has 1 aromatic carbocycles. The first-order valence-electron chi connectivity index (χ1n) is 7.00. The Kier molecular flexibility index (Phi) is 5.57. The molecular weight excluding hydrogens is 272 g/mol. The Balaban J connectivity index is 1.74. The van der Waals surface area contributed by atoms with Crippen LogP contribution in [0.4, 0.5) is 4.79 Å². The van der Waals surface area contributed by atoms with Crippen LogP contribution in [0.1, 0.15) is 12.5 Å². The third-order valence-corrected chi connectivity index (χ3v) is 3.24. The van der Waals surface area contributed by atoms with E-state index in [1.165, 1.54) is 0 Å². The number of benzene rings is 1. The van der Waals surface area contributed by atoms with Gasteiger partial charge in [-0.3, -0.25) is 4.79 Å². The van der Waals surface area contributed by atoms with Gasteiger partial charge in [0.25, 0.3) is 0 Å². The number of alkyl carbamates (subject to hydrolysis) is 1. The van der Waals surface area contributed by atoms with Crippen LogP contribution in [0.25, 0.3) is 0 Å². The molecule has 0 unspecified atom stereocenters. The number of hydrogen-bond acceptors (Lipinski definition) is 4. The molecule has 1 fully saturated rings. The Labute approximate surface area is 124 Å². The van der Waals surface area contributed by atoms with Gasteiger partial charge in [-0.1, -0.05) is 30.3 Å². The number of carbonyl (C=O) groups is 2. The number of nitrogens with one attached hydrogen (secondary N) is 1. The Hall–Kier alpha value is -2.08. The zero-order valence-corrected chi connectivity index (χ0v) is 12.1. The smallest absolute Gasteiger partial charge is 0.408 e. The highest BCUT2D eigenvalue weighted by molar-refractivity contribution is 5.85. The van der Waals surface area contributed by atoms with E-state index in [9.17, 15) is 9.59 Å². The maximum absolute atomic E-state index is 12.1. The van der Waals surface area contributed by atoms with Crippen LogP contribution >= 0.6 is 0 Å². The number of amides is 2. The van der Waals surface area contributed by atoms with E-state index in [1.54, 1.807) is 11.8 Å². The molecule has 1 saturated heterocycles. The van der Waals surface area contributed by atoms with Gasteiger partial charge in [0.2, 0.25) is 5.91 Å². The minimum atomic E-state index is -0.605. The first kappa shape index (κ1) is 15.3. The summed E-state index contributed by atoms with van der Waals surface area (Å²) in [6.07, 6.45) is -0.590. The number of hydrogen-bond donors (Lipinski definition) is 1. The van der Waals surface area contributed by atoms with Gasteiger partial charge in [-0.15, -0.1) is 0 Å². The van der Waals surface area contributed by atoms with Crippen molar-refractivity contribution in [2.24, 2.45) is 0 Å². The standard InChI is InChI=1S/C15H20N2O4/c1-12(14(18)17-7-9-20-10-8-17)16-15(19)21-11-13-5-3-2-4-6-13/h2-6,12H,7-11H2,1H3,(H,16,19)/t12-/m0/s1. The summed E-state index contributed by atoms with van der Waals surface area (Å²) < 4.78 is 10.3. The zero-order chi connectivity index (χ0) is 15.1. The number of rotatable bonds is 4. The summed E-state index contributed by atoms with van der Waals surface area (Å²) >= 11 is 0. The normalized spacial score (nSPS) is 16.1. The minimum absolute atomic E-state index is 0.116. The predicted octanol–water partition coefficient (Wildman–Crippen LogP) is 1.16. The molecule has 0 spiro atoms. The maximum atomic E-state index is 12.1. The van der Waals surface area contributed by atoms with Gasteiger partial charge >= 0.3 is 6.09 Å². The second kappa shape index (κ2) is 7.64. The molecule has 114 valence electrons. The van der Waals surface area contributed by atoms with Crippen molar-refractivity contribution in [1.29, 1.82) is 0 Å². The van der Waals surface area contributed by atoms with Crippen LogP contribution < -0.4 is 5.32 Å². The molecule has 1 aliphatic heterocycles. The number of carbonyl (C=O) groups excluding carboxylic acids is 2. The fraction of sp³-hybridized carbons (Fsp3) is 0.467. The van der Waals surface area contributed by atoms with Gasteiger partial charge in [0.05, 0.1) is 13.2 Å². The van der Waals surface area contributed by atoms with Crippen LogP contribution in [0, 0.1) is 0 Å². The van der Waals surface area contributed by atoms with E-state index >= 15 is 0 Å². The summed E-state index contributed by atoms with van der Waals surface area (Å²) in [5.41, 5.74) is 0.903. The molecule has 1 N–H and O–H groups in total. The SMILES string of the molecule is C[C@H](NC(=O)OCc1ccccc1)C(=O)N1CCOCC1. The molecule has 0 aromatic heterocycles. The highest BCUT2D eigenvalue weighted by Crippen LogP contribution is 2.03. The average Bonchev–Trinajstić information content (AvgIpc) is 2.54. The highest BCUT2D eigenvalue weighted by Gasteiger charge is 2.23. The average molecular weight is 292 g/mol. The minimum Gasteiger partial charge on any atom is -0.445 e. The van der Waals surface area contributed by atoms with Crippen LogP contribution in [0.15, 0.2) is 30.3 Å². The van der Waals surface area contributed by atoms with Gasteiger partial charge in [-0.05, 0) is 12.5 Å². The fourth-order valence-corrected chi connectivity index (χ4v) is 2.06. The van der Waals surface area contributed by atoms with Crippen LogP contribution in [0.3, 0.4) is 0 Å². The number of ether oxygens (including phenoxy) is 2. The molecule has 6 nitrogen and oxygen atoms in total. The largest absolute Gasteiger partial charge is 0.445 e. The van der Waals surface area contributed by atoms with Crippen molar-refractivity contribution in [2.45, 2.75) is 19.6 Å². The highest BCUT2D eigenvalue weighted by atomic mass is 16.5. The van der Waals surface area contributed by atoms with Gasteiger partial charge < -0.3 is 19.7 Å². The van der Waals surface area contributed by atoms with E-state index in [1.807, 2.05) is 30.3 Å². The lowest BCUT2D eigenvalue weighted by Crippen LogP contribution is -2.50. The van der Waals surface area contributed by atoms with Crippen molar-refractivity contribution in [2.75, 3.05) is 26.3 Å². The van der Waals surface area contributed by atoms with Crippen LogP contribution in [0.2, 0.25) is 0 Å². The summed E-state index contributed by atoms with van der Waals surface area (Å²) in [5, 5.41) is 2.55. The monoisotopic (exact) mass is 292 g/mol. The van der Waals surface area contributed by atoms with E-state index in [4.69, 9.17) is 9.47 Å². The second-order valence-electron chi connectivity index (χ2n) is 4.87. The molecule has 2 rings (SSSR count). The first-order valence-corrected chi connectivity index (χ1v) is 7.00. The molecule has 1 atom stereocenters. The van der Waals surface area contributed by atoms with Crippen molar-refractivity contribution in [1.82, 2.24) is 10.2 Å². The molecule has 2 amide bonds. The topological polar surface area (TPSA) is 67.9 Å². The number of morpholine rings is 1. The Morgan fingerprint density at radius 3 is 2.62 bits per heavy atom.